The van der Waals surface area contributed by atoms with Gasteiger partial charge in [-0.05, 0) is 43.7 Å². The Hall–Kier alpha value is -3.52. The minimum Gasteiger partial charge on any atom is -0.494 e. The molecule has 0 radical (unpaired) electrons. The topological polar surface area (TPSA) is 83.1 Å². The van der Waals surface area contributed by atoms with Crippen LogP contribution in [0.5, 0.6) is 5.75 Å². The molecule has 1 fully saturated rings. The van der Waals surface area contributed by atoms with Crippen molar-refractivity contribution in [2.24, 2.45) is 0 Å². The standard InChI is InChI=1S/C26H32N4O4/c1-3-33-21-12-10-19(11-13-21)24-23(25(31)34-4-2)22(27-26(32)28-24)18-29-14-16-30(17-15-29)20-8-6-5-7-9-20/h5-13,24H,3-4,14-18H2,1-2H3,(H2,27,28,32). The largest absolute Gasteiger partial charge is 0.494 e. The second-order valence-corrected chi connectivity index (χ2v) is 8.24. The number of carbonyl (C=O) groups is 2. The lowest BCUT2D eigenvalue weighted by atomic mass is 9.94. The fraction of sp³-hybridized carbons (Fsp3) is 0.385. The van der Waals surface area contributed by atoms with Crippen molar-refractivity contribution < 1.29 is 19.1 Å². The highest BCUT2D eigenvalue weighted by Gasteiger charge is 2.34. The molecule has 2 aliphatic heterocycles. The first-order valence-corrected chi connectivity index (χ1v) is 11.8. The number of nitrogens with zero attached hydrogens (tertiary/aromatic N) is 2. The molecular formula is C26H32N4O4. The van der Waals surface area contributed by atoms with Crippen LogP contribution in [0.1, 0.15) is 25.5 Å². The molecule has 2 heterocycles. The van der Waals surface area contributed by atoms with Gasteiger partial charge in [0, 0.05) is 44.1 Å². The van der Waals surface area contributed by atoms with Crippen molar-refractivity contribution in [3.05, 3.63) is 71.4 Å². The number of benzene rings is 2. The molecule has 4 rings (SSSR count). The first-order valence-electron chi connectivity index (χ1n) is 11.8. The molecule has 0 aromatic heterocycles. The van der Waals surface area contributed by atoms with Crippen LogP contribution >= 0.6 is 0 Å². The Morgan fingerprint density at radius 2 is 1.68 bits per heavy atom. The molecule has 2 aromatic rings. The number of piperazine rings is 1. The van der Waals surface area contributed by atoms with E-state index in [4.69, 9.17) is 9.47 Å². The lowest BCUT2D eigenvalue weighted by Crippen LogP contribution is -2.51. The monoisotopic (exact) mass is 464 g/mol. The Labute approximate surface area is 200 Å². The van der Waals surface area contributed by atoms with E-state index < -0.39 is 12.0 Å². The van der Waals surface area contributed by atoms with Crippen LogP contribution in [0.15, 0.2) is 65.9 Å². The zero-order valence-electron chi connectivity index (χ0n) is 19.8. The predicted molar refractivity (Wildman–Crippen MR) is 131 cm³/mol. The van der Waals surface area contributed by atoms with Crippen molar-refractivity contribution in [3.8, 4) is 5.75 Å². The number of ether oxygens (including phenoxy) is 2. The highest BCUT2D eigenvalue weighted by atomic mass is 16.5. The third-order valence-corrected chi connectivity index (χ3v) is 6.05. The van der Waals surface area contributed by atoms with E-state index >= 15 is 0 Å². The molecule has 2 aliphatic rings. The van der Waals surface area contributed by atoms with Gasteiger partial charge in [-0.1, -0.05) is 30.3 Å². The van der Waals surface area contributed by atoms with Crippen LogP contribution < -0.4 is 20.3 Å². The lowest BCUT2D eigenvalue weighted by Gasteiger charge is -2.38. The van der Waals surface area contributed by atoms with Crippen molar-refractivity contribution >= 4 is 17.7 Å². The summed E-state index contributed by atoms with van der Waals surface area (Å²) < 4.78 is 10.9. The third-order valence-electron chi connectivity index (χ3n) is 6.05. The summed E-state index contributed by atoms with van der Waals surface area (Å²) >= 11 is 0. The molecule has 8 heteroatoms. The summed E-state index contributed by atoms with van der Waals surface area (Å²) in [5, 5.41) is 5.77. The first-order chi connectivity index (χ1) is 16.6. The Morgan fingerprint density at radius 1 is 0.971 bits per heavy atom. The van der Waals surface area contributed by atoms with E-state index in [0.29, 0.717) is 24.4 Å². The average molecular weight is 465 g/mol. The van der Waals surface area contributed by atoms with Crippen molar-refractivity contribution in [1.82, 2.24) is 15.5 Å². The fourth-order valence-electron chi connectivity index (χ4n) is 4.39. The summed E-state index contributed by atoms with van der Waals surface area (Å²) in [5.74, 6) is 0.316. The van der Waals surface area contributed by atoms with E-state index in [2.05, 4.69) is 32.6 Å². The van der Waals surface area contributed by atoms with Gasteiger partial charge in [-0.25, -0.2) is 9.59 Å². The maximum Gasteiger partial charge on any atom is 0.338 e. The molecule has 0 saturated carbocycles. The summed E-state index contributed by atoms with van der Waals surface area (Å²) in [4.78, 5) is 30.2. The van der Waals surface area contributed by atoms with Gasteiger partial charge in [0.25, 0.3) is 0 Å². The van der Waals surface area contributed by atoms with E-state index in [1.165, 1.54) is 5.69 Å². The molecule has 1 saturated heterocycles. The maximum absolute atomic E-state index is 13.0. The van der Waals surface area contributed by atoms with Gasteiger partial charge in [0.2, 0.25) is 0 Å². The number of hydrogen-bond donors (Lipinski definition) is 2. The van der Waals surface area contributed by atoms with E-state index in [0.717, 1.165) is 37.5 Å². The molecule has 0 aliphatic carbocycles. The van der Waals surface area contributed by atoms with Crippen molar-refractivity contribution in [1.29, 1.82) is 0 Å². The second-order valence-electron chi connectivity index (χ2n) is 8.24. The number of anilines is 1. The number of para-hydroxylation sites is 1. The summed E-state index contributed by atoms with van der Waals surface area (Å²) in [6, 6.07) is 16.9. The smallest absolute Gasteiger partial charge is 0.338 e. The lowest BCUT2D eigenvalue weighted by molar-refractivity contribution is -0.139. The van der Waals surface area contributed by atoms with E-state index in [1.54, 1.807) is 6.92 Å². The maximum atomic E-state index is 13.0. The molecule has 1 atom stereocenters. The molecule has 0 bridgehead atoms. The molecule has 0 spiro atoms. The van der Waals surface area contributed by atoms with Gasteiger partial charge in [0.15, 0.2) is 0 Å². The summed E-state index contributed by atoms with van der Waals surface area (Å²) in [6.45, 7) is 8.40. The van der Waals surface area contributed by atoms with Crippen LogP contribution in [0.25, 0.3) is 0 Å². The molecule has 180 valence electrons. The molecule has 34 heavy (non-hydrogen) atoms. The highest BCUT2D eigenvalue weighted by molar-refractivity contribution is 5.95. The van der Waals surface area contributed by atoms with Gasteiger partial charge >= 0.3 is 12.0 Å². The van der Waals surface area contributed by atoms with Crippen LogP contribution in [-0.4, -0.2) is 62.8 Å². The fourth-order valence-corrected chi connectivity index (χ4v) is 4.39. The Kier molecular flexibility index (Phi) is 7.69. The quantitative estimate of drug-likeness (QED) is 0.585. The zero-order valence-corrected chi connectivity index (χ0v) is 19.8. The summed E-state index contributed by atoms with van der Waals surface area (Å²) in [5.41, 5.74) is 3.04. The zero-order chi connectivity index (χ0) is 23.9. The van der Waals surface area contributed by atoms with Crippen LogP contribution in [0.3, 0.4) is 0 Å². The van der Waals surface area contributed by atoms with E-state index in [1.807, 2.05) is 49.4 Å². The normalized spacial score (nSPS) is 18.8. The Balaban J connectivity index is 1.55. The van der Waals surface area contributed by atoms with Gasteiger partial charge in [-0.15, -0.1) is 0 Å². The minimum atomic E-state index is -0.593. The molecule has 8 nitrogen and oxygen atoms in total. The number of amides is 2. The van der Waals surface area contributed by atoms with Gasteiger partial charge in [-0.2, -0.15) is 0 Å². The third kappa shape index (κ3) is 5.51. The van der Waals surface area contributed by atoms with Crippen molar-refractivity contribution in [2.45, 2.75) is 19.9 Å². The Bertz CT molecular complexity index is 1010. The van der Waals surface area contributed by atoms with Crippen LogP contribution in [-0.2, 0) is 9.53 Å². The van der Waals surface area contributed by atoms with Gasteiger partial charge in [-0.3, -0.25) is 4.90 Å². The number of urea groups is 1. The predicted octanol–water partition coefficient (Wildman–Crippen LogP) is 3.08. The number of nitrogens with one attached hydrogen (secondary N) is 2. The number of hydrogen-bond acceptors (Lipinski definition) is 6. The van der Waals surface area contributed by atoms with Crippen LogP contribution in [0.4, 0.5) is 10.5 Å². The first kappa shape index (κ1) is 23.6. The van der Waals surface area contributed by atoms with Gasteiger partial charge in [0.1, 0.15) is 5.75 Å². The molecule has 2 aromatic carbocycles. The average Bonchev–Trinajstić information content (AvgIpc) is 2.85. The van der Waals surface area contributed by atoms with Crippen molar-refractivity contribution in [2.75, 3.05) is 50.8 Å². The minimum absolute atomic E-state index is 0.259. The van der Waals surface area contributed by atoms with Gasteiger partial charge in [0.05, 0.1) is 24.8 Å². The molecule has 1 unspecified atom stereocenters. The molecule has 2 N–H and O–H groups in total. The summed E-state index contributed by atoms with van der Waals surface area (Å²) in [7, 11) is 0. The van der Waals surface area contributed by atoms with Crippen LogP contribution in [0, 0.1) is 0 Å². The van der Waals surface area contributed by atoms with E-state index in [9.17, 15) is 9.59 Å². The Morgan fingerprint density at radius 3 is 2.32 bits per heavy atom. The molecular weight excluding hydrogens is 432 g/mol. The molecule has 2 amide bonds. The number of rotatable bonds is 8. The second kappa shape index (κ2) is 11.1. The number of esters is 1. The SMILES string of the molecule is CCOC(=O)C1=C(CN2CCN(c3ccccc3)CC2)NC(=O)NC1c1ccc(OCC)cc1. The van der Waals surface area contributed by atoms with E-state index in [-0.39, 0.29) is 12.6 Å². The van der Waals surface area contributed by atoms with Crippen LogP contribution in [0.2, 0.25) is 0 Å². The van der Waals surface area contributed by atoms with Gasteiger partial charge < -0.3 is 25.0 Å². The van der Waals surface area contributed by atoms with Crippen molar-refractivity contribution in [3.63, 3.8) is 0 Å². The number of carbonyl (C=O) groups excluding carboxylic acids is 2. The summed E-state index contributed by atoms with van der Waals surface area (Å²) in [6.07, 6.45) is 0. The highest BCUT2D eigenvalue weighted by Crippen LogP contribution is 2.29.